The van der Waals surface area contributed by atoms with Crippen LogP contribution in [-0.2, 0) is 27.7 Å². The van der Waals surface area contributed by atoms with Crippen molar-refractivity contribution < 1.29 is 17.9 Å². The number of fused-ring (bicyclic) bond motifs is 1. The van der Waals surface area contributed by atoms with Gasteiger partial charge >= 0.3 is 0 Å². The highest BCUT2D eigenvalue weighted by Gasteiger charge is 2.28. The standard InChI is InChI=1S/C20H24N2O4S/c1-26-14-4-12-21-20(23)17-7-9-19(10-8-17)27(24,25)22-13-11-16-5-2-3-6-18(16)15-22/h2-3,5-10H,4,11-15H2,1H3,(H,21,23). The van der Waals surface area contributed by atoms with Crippen LogP contribution in [0, 0.1) is 0 Å². The van der Waals surface area contributed by atoms with Gasteiger partial charge in [-0.2, -0.15) is 4.31 Å². The second kappa shape index (κ2) is 8.65. The zero-order valence-corrected chi connectivity index (χ0v) is 16.2. The third-order valence-electron chi connectivity index (χ3n) is 4.66. The van der Waals surface area contributed by atoms with Crippen molar-refractivity contribution in [2.24, 2.45) is 0 Å². The van der Waals surface area contributed by atoms with Crippen LogP contribution in [0.25, 0.3) is 0 Å². The maximum atomic E-state index is 12.9. The highest BCUT2D eigenvalue weighted by Crippen LogP contribution is 2.25. The molecular weight excluding hydrogens is 364 g/mol. The largest absolute Gasteiger partial charge is 0.385 e. The fraction of sp³-hybridized carbons (Fsp3) is 0.350. The van der Waals surface area contributed by atoms with Gasteiger partial charge < -0.3 is 10.1 Å². The molecule has 0 aromatic heterocycles. The second-order valence-corrected chi connectivity index (χ2v) is 8.42. The molecule has 2 aromatic carbocycles. The quantitative estimate of drug-likeness (QED) is 0.738. The van der Waals surface area contributed by atoms with E-state index in [1.165, 1.54) is 22.0 Å². The maximum absolute atomic E-state index is 12.9. The number of methoxy groups -OCH3 is 1. The lowest BCUT2D eigenvalue weighted by Crippen LogP contribution is -2.36. The average Bonchev–Trinajstić information content (AvgIpc) is 2.70. The molecule has 1 N–H and O–H groups in total. The second-order valence-electron chi connectivity index (χ2n) is 6.48. The Bertz CT molecular complexity index is 894. The van der Waals surface area contributed by atoms with Crippen molar-refractivity contribution in [1.29, 1.82) is 0 Å². The van der Waals surface area contributed by atoms with Crippen LogP contribution in [-0.4, -0.2) is 45.4 Å². The summed E-state index contributed by atoms with van der Waals surface area (Å²) in [6.45, 7) is 1.93. The van der Waals surface area contributed by atoms with E-state index in [0.29, 0.717) is 38.2 Å². The average molecular weight is 388 g/mol. The zero-order valence-electron chi connectivity index (χ0n) is 15.3. The molecule has 1 amide bonds. The summed E-state index contributed by atoms with van der Waals surface area (Å²) < 4.78 is 32.3. The van der Waals surface area contributed by atoms with E-state index < -0.39 is 10.0 Å². The first-order valence-corrected chi connectivity index (χ1v) is 10.4. The molecule has 3 rings (SSSR count). The van der Waals surface area contributed by atoms with E-state index in [2.05, 4.69) is 5.32 Å². The van der Waals surface area contributed by atoms with E-state index in [4.69, 9.17) is 4.74 Å². The smallest absolute Gasteiger partial charge is 0.251 e. The molecule has 0 atom stereocenters. The minimum atomic E-state index is -3.59. The fourth-order valence-electron chi connectivity index (χ4n) is 3.12. The summed E-state index contributed by atoms with van der Waals surface area (Å²) in [4.78, 5) is 12.3. The van der Waals surface area contributed by atoms with Gasteiger partial charge in [-0.25, -0.2) is 8.42 Å². The molecule has 0 unspecified atom stereocenters. The van der Waals surface area contributed by atoms with Gasteiger partial charge in [0.25, 0.3) is 5.91 Å². The topological polar surface area (TPSA) is 75.7 Å². The molecule has 0 bridgehead atoms. The Kier molecular flexibility index (Phi) is 6.26. The van der Waals surface area contributed by atoms with Gasteiger partial charge in [0.1, 0.15) is 0 Å². The molecule has 144 valence electrons. The lowest BCUT2D eigenvalue weighted by Gasteiger charge is -2.28. The van der Waals surface area contributed by atoms with Crippen molar-refractivity contribution >= 4 is 15.9 Å². The third kappa shape index (κ3) is 4.55. The Morgan fingerprint density at radius 2 is 1.81 bits per heavy atom. The van der Waals surface area contributed by atoms with E-state index in [1.807, 2.05) is 24.3 Å². The predicted octanol–water partition coefficient (Wildman–Crippen LogP) is 2.20. The summed E-state index contributed by atoms with van der Waals surface area (Å²) in [6, 6.07) is 14.0. The first kappa shape index (κ1) is 19.5. The lowest BCUT2D eigenvalue weighted by molar-refractivity contribution is 0.0948. The van der Waals surface area contributed by atoms with Gasteiger partial charge in [-0.1, -0.05) is 24.3 Å². The Labute approximate surface area is 160 Å². The van der Waals surface area contributed by atoms with E-state index in [-0.39, 0.29) is 10.8 Å². The normalized spacial score (nSPS) is 14.6. The van der Waals surface area contributed by atoms with E-state index in [1.54, 1.807) is 19.2 Å². The van der Waals surface area contributed by atoms with Gasteiger partial charge in [-0.05, 0) is 48.2 Å². The van der Waals surface area contributed by atoms with Crippen LogP contribution < -0.4 is 5.32 Å². The number of carbonyl (C=O) groups is 1. The van der Waals surface area contributed by atoms with Crippen LogP contribution in [0.2, 0.25) is 0 Å². The number of carbonyl (C=O) groups excluding carboxylic acids is 1. The predicted molar refractivity (Wildman–Crippen MR) is 103 cm³/mol. The fourth-order valence-corrected chi connectivity index (χ4v) is 4.54. The molecule has 1 aliphatic heterocycles. The Morgan fingerprint density at radius 1 is 1.11 bits per heavy atom. The van der Waals surface area contributed by atoms with Crippen LogP contribution in [0.5, 0.6) is 0 Å². The number of nitrogens with one attached hydrogen (secondary N) is 1. The van der Waals surface area contributed by atoms with Crippen molar-refractivity contribution in [1.82, 2.24) is 9.62 Å². The number of nitrogens with zero attached hydrogens (tertiary/aromatic N) is 1. The molecule has 0 saturated carbocycles. The molecule has 0 spiro atoms. The molecule has 0 aliphatic carbocycles. The van der Waals surface area contributed by atoms with Gasteiger partial charge in [-0.3, -0.25) is 4.79 Å². The van der Waals surface area contributed by atoms with E-state index in [9.17, 15) is 13.2 Å². The minimum absolute atomic E-state index is 0.206. The number of hydrogen-bond donors (Lipinski definition) is 1. The van der Waals surface area contributed by atoms with E-state index in [0.717, 1.165) is 12.0 Å². The van der Waals surface area contributed by atoms with Crippen molar-refractivity contribution in [2.45, 2.75) is 24.3 Å². The minimum Gasteiger partial charge on any atom is -0.385 e. The maximum Gasteiger partial charge on any atom is 0.251 e. The molecule has 1 heterocycles. The number of hydrogen-bond acceptors (Lipinski definition) is 4. The molecule has 0 radical (unpaired) electrons. The van der Waals surface area contributed by atoms with Crippen molar-refractivity contribution in [3.8, 4) is 0 Å². The van der Waals surface area contributed by atoms with Crippen molar-refractivity contribution in [2.75, 3.05) is 26.8 Å². The summed E-state index contributed by atoms with van der Waals surface area (Å²) in [7, 11) is -1.97. The van der Waals surface area contributed by atoms with Gasteiger partial charge in [0, 0.05) is 38.9 Å². The van der Waals surface area contributed by atoms with Gasteiger partial charge in [0.15, 0.2) is 0 Å². The van der Waals surface area contributed by atoms with Crippen LogP contribution >= 0.6 is 0 Å². The number of ether oxygens (including phenoxy) is 1. The Morgan fingerprint density at radius 3 is 2.52 bits per heavy atom. The first-order valence-electron chi connectivity index (χ1n) is 8.96. The summed E-state index contributed by atoms with van der Waals surface area (Å²) in [5, 5.41) is 2.79. The molecule has 1 aliphatic rings. The van der Waals surface area contributed by atoms with Crippen LogP contribution in [0.1, 0.15) is 27.9 Å². The monoisotopic (exact) mass is 388 g/mol. The number of benzene rings is 2. The highest BCUT2D eigenvalue weighted by molar-refractivity contribution is 7.89. The van der Waals surface area contributed by atoms with Gasteiger partial charge in [0.05, 0.1) is 4.90 Å². The summed E-state index contributed by atoms with van der Waals surface area (Å²) in [5.74, 6) is -0.220. The Hall–Kier alpha value is -2.22. The molecule has 6 nitrogen and oxygen atoms in total. The van der Waals surface area contributed by atoms with Crippen LogP contribution in [0.15, 0.2) is 53.4 Å². The summed E-state index contributed by atoms with van der Waals surface area (Å²) in [6.07, 6.45) is 1.43. The summed E-state index contributed by atoms with van der Waals surface area (Å²) in [5.41, 5.74) is 2.68. The number of amides is 1. The number of rotatable bonds is 7. The lowest BCUT2D eigenvalue weighted by atomic mass is 10.0. The van der Waals surface area contributed by atoms with Gasteiger partial charge in [0.2, 0.25) is 10.0 Å². The van der Waals surface area contributed by atoms with E-state index >= 15 is 0 Å². The van der Waals surface area contributed by atoms with Gasteiger partial charge in [-0.15, -0.1) is 0 Å². The number of sulfonamides is 1. The molecule has 0 saturated heterocycles. The summed E-state index contributed by atoms with van der Waals surface area (Å²) >= 11 is 0. The molecule has 0 fully saturated rings. The Balaban J connectivity index is 1.68. The van der Waals surface area contributed by atoms with Crippen molar-refractivity contribution in [3.63, 3.8) is 0 Å². The molecule has 7 heteroatoms. The van der Waals surface area contributed by atoms with Crippen LogP contribution in [0.3, 0.4) is 0 Å². The van der Waals surface area contributed by atoms with Crippen LogP contribution in [0.4, 0.5) is 0 Å². The molecular formula is C20H24N2O4S. The highest BCUT2D eigenvalue weighted by atomic mass is 32.2. The zero-order chi connectivity index (χ0) is 19.3. The SMILES string of the molecule is COCCCNC(=O)c1ccc(S(=O)(=O)N2CCc3ccccc3C2)cc1. The first-order chi connectivity index (χ1) is 13.0. The molecule has 27 heavy (non-hydrogen) atoms. The molecule has 2 aromatic rings. The van der Waals surface area contributed by atoms with Crippen molar-refractivity contribution in [3.05, 3.63) is 65.2 Å². The third-order valence-corrected chi connectivity index (χ3v) is 6.52.